The molecule has 4 heteroatoms. The lowest BCUT2D eigenvalue weighted by atomic mass is 9.99. The molecule has 0 amide bonds. The molecule has 0 bridgehead atoms. The lowest BCUT2D eigenvalue weighted by molar-refractivity contribution is 1.08. The summed E-state index contributed by atoms with van der Waals surface area (Å²) in [5.41, 5.74) is 10.4. The molecule has 0 saturated heterocycles. The molecule has 0 saturated carbocycles. The van der Waals surface area contributed by atoms with Crippen LogP contribution in [0, 0.1) is 0 Å². The van der Waals surface area contributed by atoms with Crippen molar-refractivity contribution in [3.8, 4) is 67.5 Å². The van der Waals surface area contributed by atoms with Crippen molar-refractivity contribution in [2.75, 3.05) is 0 Å². The molecule has 0 radical (unpaired) electrons. The van der Waals surface area contributed by atoms with Gasteiger partial charge in [-0.25, -0.2) is 15.0 Å². The van der Waals surface area contributed by atoms with Crippen LogP contribution in [0.2, 0.25) is 13.1 Å². The van der Waals surface area contributed by atoms with Gasteiger partial charge in [-0.15, -0.1) is 0 Å². The van der Waals surface area contributed by atoms with Crippen LogP contribution in [0.5, 0.6) is 0 Å². The van der Waals surface area contributed by atoms with E-state index in [9.17, 15) is 0 Å². The van der Waals surface area contributed by atoms with Gasteiger partial charge in [0.25, 0.3) is 0 Å². The normalized spacial score (nSPS) is 12.9. The van der Waals surface area contributed by atoms with E-state index in [1.54, 1.807) is 0 Å². The summed E-state index contributed by atoms with van der Waals surface area (Å²) in [6, 6.07) is 62.9. The van der Waals surface area contributed by atoms with Crippen molar-refractivity contribution in [3.63, 3.8) is 0 Å². The number of rotatable bonds is 5. The Morgan fingerprint density at radius 1 is 0.321 bits per heavy atom. The minimum absolute atomic E-state index is 0.667. The maximum absolute atomic E-state index is 5.31. The van der Waals surface area contributed by atoms with E-state index in [0.29, 0.717) is 17.5 Å². The second kappa shape index (κ2) is 12.3. The summed E-state index contributed by atoms with van der Waals surface area (Å²) in [6.45, 7) is 4.94. The van der Waals surface area contributed by atoms with Gasteiger partial charge in [-0.1, -0.05) is 165 Å². The van der Waals surface area contributed by atoms with Crippen LogP contribution >= 0.6 is 0 Å². The molecule has 1 aliphatic rings. The molecule has 0 N–H and O–H groups in total. The molecule has 0 aliphatic carbocycles. The topological polar surface area (TPSA) is 38.7 Å². The zero-order valence-corrected chi connectivity index (χ0v) is 30.6. The zero-order chi connectivity index (χ0) is 35.5. The van der Waals surface area contributed by atoms with Crippen molar-refractivity contribution in [2.24, 2.45) is 0 Å². The lowest BCUT2D eigenvalue weighted by Crippen LogP contribution is -2.50. The number of aromatic nitrogens is 3. The molecular weight excluding hydrogens is 659 g/mol. The predicted molar refractivity (Wildman–Crippen MR) is 224 cm³/mol. The lowest BCUT2D eigenvalue weighted by Gasteiger charge is -2.22. The first-order chi connectivity index (χ1) is 26.0. The molecule has 8 aromatic carbocycles. The molecule has 53 heavy (non-hydrogen) atoms. The fraction of sp³-hybridized carbons (Fsp3) is 0.0408. The molecule has 9 aromatic rings. The molecule has 0 atom stereocenters. The molecule has 1 aromatic heterocycles. The number of benzene rings is 8. The minimum atomic E-state index is -2.14. The van der Waals surface area contributed by atoms with Crippen LogP contribution in [0.3, 0.4) is 0 Å². The van der Waals surface area contributed by atoms with E-state index in [2.05, 4.69) is 183 Å². The first-order valence-corrected chi connectivity index (χ1v) is 21.2. The molecule has 3 nitrogen and oxygen atoms in total. The van der Waals surface area contributed by atoms with Gasteiger partial charge < -0.3 is 0 Å². The van der Waals surface area contributed by atoms with Gasteiger partial charge in [-0.05, 0) is 89.6 Å². The molecule has 0 unspecified atom stereocenters. The van der Waals surface area contributed by atoms with Crippen LogP contribution in [-0.2, 0) is 0 Å². The third-order valence-corrected chi connectivity index (χ3v) is 14.4. The highest BCUT2D eigenvalue weighted by Gasteiger charge is 2.40. The highest BCUT2D eigenvalue weighted by Crippen LogP contribution is 2.36. The van der Waals surface area contributed by atoms with Gasteiger partial charge in [0.1, 0.15) is 8.07 Å². The number of hydrogen-bond donors (Lipinski definition) is 0. The number of hydrogen-bond acceptors (Lipinski definition) is 3. The molecule has 2 heterocycles. The summed E-state index contributed by atoms with van der Waals surface area (Å²) < 4.78 is 0. The fourth-order valence-corrected chi connectivity index (χ4v) is 11.6. The first-order valence-electron chi connectivity index (χ1n) is 18.2. The van der Waals surface area contributed by atoms with Crippen LogP contribution in [0.25, 0.3) is 89.1 Å². The van der Waals surface area contributed by atoms with Crippen molar-refractivity contribution in [1.82, 2.24) is 15.0 Å². The zero-order valence-electron chi connectivity index (χ0n) is 29.6. The standard InChI is InChI=1S/C49H35N3Si/c1-53(2)45-31-36-18-10-9-17-35(36)30-44(45)42-21-12-22-43(46(42)53)49-51-47(40-20-11-19-34(28-40)32-13-5-3-6-14-32)50-48(52-49)41-26-25-38-27-37(23-24-39(38)29-41)33-15-7-4-8-16-33/h3-31H,1-2H3. The Morgan fingerprint density at radius 2 is 0.792 bits per heavy atom. The van der Waals surface area contributed by atoms with Crippen LogP contribution in [0.15, 0.2) is 176 Å². The Kier molecular flexibility index (Phi) is 7.27. The largest absolute Gasteiger partial charge is 0.208 e. The Balaban J connectivity index is 1.16. The van der Waals surface area contributed by atoms with E-state index in [-0.39, 0.29) is 0 Å². The maximum Gasteiger partial charge on any atom is 0.164 e. The summed E-state index contributed by atoms with van der Waals surface area (Å²) in [6.07, 6.45) is 0. The number of fused-ring (bicyclic) bond motifs is 5. The van der Waals surface area contributed by atoms with Crippen molar-refractivity contribution >= 4 is 40.0 Å². The highest BCUT2D eigenvalue weighted by molar-refractivity contribution is 7.04. The number of nitrogens with zero attached hydrogens (tertiary/aromatic N) is 3. The van der Waals surface area contributed by atoms with Gasteiger partial charge in [-0.3, -0.25) is 0 Å². The van der Waals surface area contributed by atoms with E-state index in [1.807, 2.05) is 6.07 Å². The average molecular weight is 694 g/mol. The van der Waals surface area contributed by atoms with Crippen LogP contribution in [0.4, 0.5) is 0 Å². The monoisotopic (exact) mass is 693 g/mol. The van der Waals surface area contributed by atoms with Gasteiger partial charge in [0.2, 0.25) is 0 Å². The Hall–Kier alpha value is -6.49. The van der Waals surface area contributed by atoms with Crippen molar-refractivity contribution in [1.29, 1.82) is 0 Å². The second-order valence-corrected chi connectivity index (χ2v) is 18.8. The average Bonchev–Trinajstić information content (AvgIpc) is 3.45. The first kappa shape index (κ1) is 31.3. The molecule has 250 valence electrons. The van der Waals surface area contributed by atoms with E-state index in [0.717, 1.165) is 33.2 Å². The quantitative estimate of drug-likeness (QED) is 0.168. The molecule has 10 rings (SSSR count). The van der Waals surface area contributed by atoms with Gasteiger partial charge in [0, 0.05) is 16.7 Å². The highest BCUT2D eigenvalue weighted by atomic mass is 28.3. The Labute approximate surface area is 310 Å². The van der Waals surface area contributed by atoms with Crippen molar-refractivity contribution < 1.29 is 0 Å². The van der Waals surface area contributed by atoms with Crippen LogP contribution in [0.1, 0.15) is 0 Å². The predicted octanol–water partition coefficient (Wildman–Crippen LogP) is 11.3. The fourth-order valence-electron chi connectivity index (χ4n) is 8.17. The van der Waals surface area contributed by atoms with Crippen molar-refractivity contribution in [2.45, 2.75) is 13.1 Å². The molecule has 1 aliphatic heterocycles. The van der Waals surface area contributed by atoms with E-state index in [4.69, 9.17) is 15.0 Å². The van der Waals surface area contributed by atoms with E-state index >= 15 is 0 Å². The summed E-state index contributed by atoms with van der Waals surface area (Å²) in [4.78, 5) is 15.8. The minimum Gasteiger partial charge on any atom is -0.208 e. The maximum atomic E-state index is 5.31. The summed E-state index contributed by atoms with van der Waals surface area (Å²) in [5.74, 6) is 2.05. The smallest absolute Gasteiger partial charge is 0.164 e. The third kappa shape index (κ3) is 5.38. The van der Waals surface area contributed by atoms with Crippen LogP contribution < -0.4 is 10.4 Å². The van der Waals surface area contributed by atoms with Crippen molar-refractivity contribution in [3.05, 3.63) is 176 Å². The van der Waals surface area contributed by atoms with Gasteiger partial charge in [0.15, 0.2) is 17.5 Å². The van der Waals surface area contributed by atoms with Gasteiger partial charge >= 0.3 is 0 Å². The summed E-state index contributed by atoms with van der Waals surface area (Å²) in [5, 5.41) is 7.74. The third-order valence-electron chi connectivity index (χ3n) is 10.8. The Bertz CT molecular complexity index is 2860. The van der Waals surface area contributed by atoms with Gasteiger partial charge in [0.05, 0.1) is 0 Å². The molecular formula is C49H35N3Si. The molecule has 0 spiro atoms. The van der Waals surface area contributed by atoms with Crippen LogP contribution in [-0.4, -0.2) is 23.0 Å². The summed E-state index contributed by atoms with van der Waals surface area (Å²) in [7, 11) is -2.14. The van der Waals surface area contributed by atoms with E-state index in [1.165, 1.54) is 48.8 Å². The molecule has 0 fully saturated rings. The SMILES string of the molecule is C[Si]1(C)c2cc3ccccc3cc2-c2cccc(-c3nc(-c4cccc(-c5ccccc5)c4)nc(-c4ccc5cc(-c6ccccc6)ccc5c4)n3)c21. The van der Waals surface area contributed by atoms with Gasteiger partial charge in [-0.2, -0.15) is 0 Å². The van der Waals surface area contributed by atoms with E-state index < -0.39 is 8.07 Å². The Morgan fingerprint density at radius 3 is 1.49 bits per heavy atom. The summed E-state index contributed by atoms with van der Waals surface area (Å²) >= 11 is 0. The second-order valence-electron chi connectivity index (χ2n) is 14.5.